The van der Waals surface area contributed by atoms with Crippen molar-refractivity contribution in [3.8, 4) is 0 Å². The second-order valence-electron chi connectivity index (χ2n) is 6.45. The van der Waals surface area contributed by atoms with Crippen LogP contribution in [-0.2, 0) is 19.6 Å². The predicted molar refractivity (Wildman–Crippen MR) is 106 cm³/mol. The molecule has 2 aromatic carbocycles. The van der Waals surface area contributed by atoms with Crippen LogP contribution in [0.25, 0.3) is 0 Å². The molecule has 1 unspecified atom stereocenters. The van der Waals surface area contributed by atoms with Gasteiger partial charge in [0.15, 0.2) is 0 Å². The number of nitrogens with one attached hydrogen (secondary N) is 2. The third-order valence-corrected chi connectivity index (χ3v) is 5.85. The molecule has 1 aliphatic rings. The second kappa shape index (κ2) is 7.98. The topological polar surface area (TPSA) is 87.7 Å². The summed E-state index contributed by atoms with van der Waals surface area (Å²) in [7, 11) is -1.98. The molecular weight excluding hydrogens is 366 g/mol. The molecule has 0 bridgehead atoms. The molecule has 1 amide bonds. The summed E-state index contributed by atoms with van der Waals surface area (Å²) in [5.41, 5.74) is 2.08. The number of sulfonamides is 1. The van der Waals surface area contributed by atoms with E-state index in [9.17, 15) is 13.2 Å². The minimum absolute atomic E-state index is 0.128. The Hall–Kier alpha value is -2.58. The van der Waals surface area contributed by atoms with Gasteiger partial charge in [-0.25, -0.2) is 8.42 Å². The fraction of sp³-hybridized carbons (Fsp3) is 0.316. The van der Waals surface area contributed by atoms with Crippen LogP contribution in [0.1, 0.15) is 13.3 Å². The van der Waals surface area contributed by atoms with Crippen LogP contribution in [0.15, 0.2) is 53.4 Å². The van der Waals surface area contributed by atoms with Crippen molar-refractivity contribution in [2.24, 2.45) is 0 Å². The second-order valence-corrected chi connectivity index (χ2v) is 8.13. The molecule has 7 nitrogen and oxygen atoms in total. The van der Waals surface area contributed by atoms with Crippen LogP contribution in [0, 0.1) is 0 Å². The quantitative estimate of drug-likeness (QED) is 0.793. The smallest absolute Gasteiger partial charge is 0.261 e. The predicted octanol–water partition coefficient (Wildman–Crippen LogP) is 2.67. The van der Waals surface area contributed by atoms with Crippen LogP contribution in [-0.4, -0.2) is 40.6 Å². The van der Waals surface area contributed by atoms with Crippen molar-refractivity contribution in [3.63, 3.8) is 0 Å². The maximum absolute atomic E-state index is 12.5. The highest BCUT2D eigenvalue weighted by Gasteiger charge is 2.22. The fourth-order valence-corrected chi connectivity index (χ4v) is 4.09. The lowest BCUT2D eigenvalue weighted by molar-refractivity contribution is -0.114. The largest absolute Gasteiger partial charge is 0.380 e. The van der Waals surface area contributed by atoms with E-state index in [-0.39, 0.29) is 16.9 Å². The third-order valence-electron chi connectivity index (χ3n) is 4.45. The Morgan fingerprint density at radius 3 is 2.26 bits per heavy atom. The minimum Gasteiger partial charge on any atom is -0.380 e. The molecule has 0 saturated carbocycles. The molecule has 2 aromatic rings. The monoisotopic (exact) mass is 389 g/mol. The highest BCUT2D eigenvalue weighted by Crippen LogP contribution is 2.25. The number of carbonyl (C=O) groups excluding carboxylic acids is 1. The first-order chi connectivity index (χ1) is 12.9. The van der Waals surface area contributed by atoms with Gasteiger partial charge in [0.1, 0.15) is 0 Å². The zero-order valence-corrected chi connectivity index (χ0v) is 16.1. The lowest BCUT2D eigenvalue weighted by atomic mass is 10.2. The fourth-order valence-electron chi connectivity index (χ4n) is 3.03. The zero-order chi connectivity index (χ0) is 19.4. The van der Waals surface area contributed by atoms with E-state index in [4.69, 9.17) is 4.74 Å². The number of methoxy groups -OCH3 is 1. The lowest BCUT2D eigenvalue weighted by Gasteiger charge is -2.19. The molecule has 1 heterocycles. The van der Waals surface area contributed by atoms with E-state index in [0.717, 1.165) is 25.2 Å². The van der Waals surface area contributed by atoms with Gasteiger partial charge < -0.3 is 15.0 Å². The van der Waals surface area contributed by atoms with Gasteiger partial charge in [0.25, 0.3) is 10.0 Å². The molecule has 1 saturated heterocycles. The Morgan fingerprint density at radius 2 is 1.70 bits per heavy atom. The van der Waals surface area contributed by atoms with E-state index in [1.165, 1.54) is 19.1 Å². The summed E-state index contributed by atoms with van der Waals surface area (Å²) in [5.74, 6) is -0.210. The van der Waals surface area contributed by atoms with Crippen molar-refractivity contribution in [3.05, 3.63) is 48.5 Å². The first-order valence-corrected chi connectivity index (χ1v) is 10.1. The van der Waals surface area contributed by atoms with Gasteiger partial charge in [-0.15, -0.1) is 0 Å². The highest BCUT2D eigenvalue weighted by atomic mass is 32.2. The van der Waals surface area contributed by atoms with Crippen LogP contribution in [0.4, 0.5) is 17.1 Å². The normalized spacial score (nSPS) is 17.0. The van der Waals surface area contributed by atoms with Gasteiger partial charge in [-0.2, -0.15) is 0 Å². The molecule has 0 radical (unpaired) electrons. The maximum Gasteiger partial charge on any atom is 0.261 e. The van der Waals surface area contributed by atoms with E-state index in [0.29, 0.717) is 11.4 Å². The van der Waals surface area contributed by atoms with Crippen LogP contribution < -0.4 is 14.9 Å². The van der Waals surface area contributed by atoms with Crippen LogP contribution in [0.5, 0.6) is 0 Å². The van der Waals surface area contributed by atoms with Crippen LogP contribution in [0.3, 0.4) is 0 Å². The number of anilines is 3. The Kier molecular flexibility index (Phi) is 5.67. The van der Waals surface area contributed by atoms with Gasteiger partial charge in [-0.05, 0) is 55.0 Å². The summed E-state index contributed by atoms with van der Waals surface area (Å²) in [6.07, 6.45) is 1.22. The van der Waals surface area contributed by atoms with Crippen molar-refractivity contribution in [2.75, 3.05) is 35.1 Å². The Labute approximate surface area is 159 Å². The molecular formula is C19H23N3O4S. The first-order valence-electron chi connectivity index (χ1n) is 8.65. The zero-order valence-electron chi connectivity index (χ0n) is 15.3. The number of hydrogen-bond acceptors (Lipinski definition) is 5. The van der Waals surface area contributed by atoms with Crippen molar-refractivity contribution in [1.82, 2.24) is 0 Å². The molecule has 1 fully saturated rings. The number of nitrogens with zero attached hydrogens (tertiary/aromatic N) is 1. The molecule has 3 rings (SSSR count). The van der Waals surface area contributed by atoms with Crippen molar-refractivity contribution in [1.29, 1.82) is 0 Å². The molecule has 0 aliphatic carbocycles. The third kappa shape index (κ3) is 4.78. The van der Waals surface area contributed by atoms with E-state index in [1.807, 2.05) is 12.1 Å². The summed E-state index contributed by atoms with van der Waals surface area (Å²) in [4.78, 5) is 13.4. The molecule has 144 valence electrons. The minimum atomic E-state index is -3.70. The van der Waals surface area contributed by atoms with Gasteiger partial charge >= 0.3 is 0 Å². The number of amides is 1. The SMILES string of the molecule is COC1CCN(c2ccc(NS(=O)(=O)c3ccc(NC(C)=O)cc3)cc2)C1. The van der Waals surface area contributed by atoms with Crippen LogP contribution in [0.2, 0.25) is 0 Å². The number of ether oxygens (including phenoxy) is 1. The van der Waals surface area contributed by atoms with Crippen molar-refractivity contribution < 1.29 is 17.9 Å². The molecule has 0 aromatic heterocycles. The summed E-state index contributed by atoms with van der Waals surface area (Å²) in [5, 5.41) is 2.61. The molecule has 0 spiro atoms. The summed E-state index contributed by atoms with van der Waals surface area (Å²) < 4.78 is 33.0. The summed E-state index contributed by atoms with van der Waals surface area (Å²) in [6.45, 7) is 3.15. The first kappa shape index (κ1) is 19.2. The van der Waals surface area contributed by atoms with Gasteiger partial charge in [0, 0.05) is 44.2 Å². The molecule has 1 aliphatic heterocycles. The Morgan fingerprint density at radius 1 is 1.07 bits per heavy atom. The number of carbonyl (C=O) groups is 1. The highest BCUT2D eigenvalue weighted by molar-refractivity contribution is 7.92. The Bertz CT molecular complexity index is 896. The van der Waals surface area contributed by atoms with E-state index < -0.39 is 10.0 Å². The number of hydrogen-bond donors (Lipinski definition) is 2. The van der Waals surface area contributed by atoms with Crippen molar-refractivity contribution in [2.45, 2.75) is 24.3 Å². The van der Waals surface area contributed by atoms with Gasteiger partial charge in [-0.1, -0.05) is 0 Å². The average Bonchev–Trinajstić information content (AvgIpc) is 3.11. The van der Waals surface area contributed by atoms with E-state index in [1.54, 1.807) is 31.4 Å². The number of rotatable bonds is 6. The Balaban J connectivity index is 1.67. The van der Waals surface area contributed by atoms with E-state index in [2.05, 4.69) is 14.9 Å². The van der Waals surface area contributed by atoms with Gasteiger partial charge in [0.2, 0.25) is 5.91 Å². The lowest BCUT2D eigenvalue weighted by Crippen LogP contribution is -2.22. The maximum atomic E-state index is 12.5. The van der Waals surface area contributed by atoms with E-state index >= 15 is 0 Å². The summed E-state index contributed by atoms with van der Waals surface area (Å²) >= 11 is 0. The van der Waals surface area contributed by atoms with Gasteiger partial charge in [-0.3, -0.25) is 9.52 Å². The van der Waals surface area contributed by atoms with Crippen LogP contribution >= 0.6 is 0 Å². The number of benzene rings is 2. The van der Waals surface area contributed by atoms with Crippen molar-refractivity contribution >= 4 is 33.0 Å². The molecule has 2 N–H and O–H groups in total. The standard InChI is InChI=1S/C19H23N3O4S/c1-14(23)20-15-5-9-19(10-6-15)27(24,25)21-16-3-7-17(8-4-16)22-12-11-18(13-22)26-2/h3-10,18,21H,11-13H2,1-2H3,(H,20,23). The van der Waals surface area contributed by atoms with Gasteiger partial charge in [0.05, 0.1) is 11.0 Å². The average molecular weight is 389 g/mol. The molecule has 8 heteroatoms. The summed E-state index contributed by atoms with van der Waals surface area (Å²) in [6, 6.07) is 13.3. The molecule has 1 atom stereocenters. The molecule has 27 heavy (non-hydrogen) atoms.